The molecule has 0 spiro atoms. The minimum atomic E-state index is -0.223. The highest BCUT2D eigenvalue weighted by Gasteiger charge is 2.12. The highest BCUT2D eigenvalue weighted by Crippen LogP contribution is 2.02. The van der Waals surface area contributed by atoms with Crippen molar-refractivity contribution < 1.29 is 10.0 Å². The van der Waals surface area contributed by atoms with Gasteiger partial charge in [0.1, 0.15) is 0 Å². The Morgan fingerprint density at radius 2 is 2.31 bits per heavy atom. The van der Waals surface area contributed by atoms with Gasteiger partial charge in [-0.3, -0.25) is 9.78 Å². The van der Waals surface area contributed by atoms with Gasteiger partial charge in [0.15, 0.2) is 5.84 Å². The Kier molecular flexibility index (Phi) is 3.82. The van der Waals surface area contributed by atoms with Gasteiger partial charge < -0.3 is 15.8 Å². The number of oxime groups is 1. The summed E-state index contributed by atoms with van der Waals surface area (Å²) in [5, 5.41) is 11.2. The first kappa shape index (κ1) is 12.0. The van der Waals surface area contributed by atoms with Crippen molar-refractivity contribution in [1.29, 1.82) is 0 Å². The lowest BCUT2D eigenvalue weighted by Gasteiger charge is -2.15. The number of likely N-dealkylation sites (N-methyl/N-ethyl adjacent to an activating group) is 1. The SMILES string of the molecule is Cc1ccc(C(=O)N(C)CC(N)=NO)cn1. The van der Waals surface area contributed by atoms with Crippen LogP contribution in [0, 0.1) is 6.92 Å². The van der Waals surface area contributed by atoms with Gasteiger partial charge in [0.25, 0.3) is 5.91 Å². The second kappa shape index (κ2) is 5.11. The van der Waals surface area contributed by atoms with E-state index < -0.39 is 0 Å². The normalized spacial score (nSPS) is 11.2. The van der Waals surface area contributed by atoms with Crippen molar-refractivity contribution in [2.75, 3.05) is 13.6 Å². The van der Waals surface area contributed by atoms with Crippen LogP contribution in [0.4, 0.5) is 0 Å². The highest BCUT2D eigenvalue weighted by atomic mass is 16.4. The lowest BCUT2D eigenvalue weighted by molar-refractivity contribution is 0.0813. The summed E-state index contributed by atoms with van der Waals surface area (Å²) in [4.78, 5) is 17.2. The van der Waals surface area contributed by atoms with Gasteiger partial charge in [-0.25, -0.2) is 0 Å². The average Bonchev–Trinajstić information content (AvgIpc) is 2.28. The molecule has 0 aliphatic rings. The van der Waals surface area contributed by atoms with E-state index in [0.29, 0.717) is 5.56 Å². The molecule has 0 saturated carbocycles. The van der Waals surface area contributed by atoms with E-state index in [1.165, 1.54) is 11.1 Å². The molecule has 0 unspecified atom stereocenters. The Morgan fingerprint density at radius 3 is 2.81 bits per heavy atom. The molecule has 0 saturated heterocycles. The topological polar surface area (TPSA) is 91.8 Å². The van der Waals surface area contributed by atoms with Crippen molar-refractivity contribution >= 4 is 11.7 Å². The molecule has 0 aliphatic carbocycles. The molecular weight excluding hydrogens is 208 g/mol. The molecule has 0 fully saturated rings. The number of carbonyl (C=O) groups is 1. The van der Waals surface area contributed by atoms with Crippen molar-refractivity contribution in [3.63, 3.8) is 0 Å². The Labute approximate surface area is 93.4 Å². The minimum absolute atomic E-state index is 0.0177. The maximum absolute atomic E-state index is 11.8. The number of amides is 1. The molecule has 6 nitrogen and oxygen atoms in total. The van der Waals surface area contributed by atoms with Gasteiger partial charge in [-0.05, 0) is 19.1 Å². The summed E-state index contributed by atoms with van der Waals surface area (Å²) in [5.74, 6) is -0.241. The summed E-state index contributed by atoms with van der Waals surface area (Å²) in [6.07, 6.45) is 1.50. The summed E-state index contributed by atoms with van der Waals surface area (Å²) in [7, 11) is 1.57. The number of rotatable bonds is 3. The standard InChI is InChI=1S/C10H14N4O2/c1-7-3-4-8(5-12-7)10(15)14(2)6-9(11)13-16/h3-5,16H,6H2,1-2H3,(H2,11,13). The molecule has 1 amide bonds. The molecule has 6 heteroatoms. The summed E-state index contributed by atoms with van der Waals surface area (Å²) in [6.45, 7) is 1.91. The van der Waals surface area contributed by atoms with Crippen molar-refractivity contribution in [3.05, 3.63) is 29.6 Å². The first-order chi connectivity index (χ1) is 7.54. The number of pyridine rings is 1. The smallest absolute Gasteiger partial charge is 0.255 e. The zero-order chi connectivity index (χ0) is 12.1. The van der Waals surface area contributed by atoms with Gasteiger partial charge in [0, 0.05) is 18.9 Å². The van der Waals surface area contributed by atoms with Crippen molar-refractivity contribution in [2.45, 2.75) is 6.92 Å². The van der Waals surface area contributed by atoms with Crippen molar-refractivity contribution in [3.8, 4) is 0 Å². The van der Waals surface area contributed by atoms with Gasteiger partial charge in [0.05, 0.1) is 12.1 Å². The first-order valence-electron chi connectivity index (χ1n) is 4.69. The Balaban J connectivity index is 2.74. The first-order valence-corrected chi connectivity index (χ1v) is 4.69. The number of carbonyl (C=O) groups excluding carboxylic acids is 1. The Morgan fingerprint density at radius 1 is 1.62 bits per heavy atom. The summed E-state index contributed by atoms with van der Waals surface area (Å²) in [6, 6.07) is 3.44. The second-order valence-corrected chi connectivity index (χ2v) is 3.44. The minimum Gasteiger partial charge on any atom is -0.409 e. The third-order valence-electron chi connectivity index (χ3n) is 2.03. The zero-order valence-corrected chi connectivity index (χ0v) is 9.21. The van der Waals surface area contributed by atoms with E-state index in [2.05, 4.69) is 10.1 Å². The van der Waals surface area contributed by atoms with Crippen LogP contribution in [0.25, 0.3) is 0 Å². The predicted octanol–water partition coefficient (Wildman–Crippen LogP) is 0.208. The maximum atomic E-state index is 11.8. The number of hydrogen-bond acceptors (Lipinski definition) is 4. The lowest BCUT2D eigenvalue weighted by atomic mass is 10.2. The summed E-state index contributed by atoms with van der Waals surface area (Å²) in [5.41, 5.74) is 6.62. The number of nitrogens with two attached hydrogens (primary N) is 1. The van der Waals surface area contributed by atoms with E-state index in [4.69, 9.17) is 10.9 Å². The average molecular weight is 222 g/mol. The fourth-order valence-electron chi connectivity index (χ4n) is 1.16. The van der Waals surface area contributed by atoms with E-state index in [1.54, 1.807) is 19.2 Å². The molecule has 0 radical (unpaired) electrons. The van der Waals surface area contributed by atoms with Crippen molar-refractivity contribution in [1.82, 2.24) is 9.88 Å². The van der Waals surface area contributed by atoms with Gasteiger partial charge in [-0.15, -0.1) is 0 Å². The fourth-order valence-corrected chi connectivity index (χ4v) is 1.16. The molecule has 1 aromatic heterocycles. The number of aromatic nitrogens is 1. The van der Waals surface area contributed by atoms with Crippen LogP contribution in [0.1, 0.15) is 16.1 Å². The maximum Gasteiger partial charge on any atom is 0.255 e. The van der Waals surface area contributed by atoms with Crippen LogP contribution in [0.5, 0.6) is 0 Å². The van der Waals surface area contributed by atoms with E-state index >= 15 is 0 Å². The van der Waals surface area contributed by atoms with Gasteiger partial charge in [0.2, 0.25) is 0 Å². The number of amidine groups is 1. The largest absolute Gasteiger partial charge is 0.409 e. The van der Waals surface area contributed by atoms with Crippen molar-refractivity contribution in [2.24, 2.45) is 10.9 Å². The highest BCUT2D eigenvalue weighted by molar-refractivity contribution is 5.96. The summed E-state index contributed by atoms with van der Waals surface area (Å²) < 4.78 is 0. The van der Waals surface area contributed by atoms with Crippen LogP contribution in [0.15, 0.2) is 23.5 Å². The van der Waals surface area contributed by atoms with E-state index in [0.717, 1.165) is 5.69 Å². The molecule has 1 heterocycles. The lowest BCUT2D eigenvalue weighted by Crippen LogP contribution is -2.35. The van der Waals surface area contributed by atoms with E-state index in [9.17, 15) is 4.79 Å². The van der Waals surface area contributed by atoms with E-state index in [1.807, 2.05) is 6.92 Å². The summed E-state index contributed by atoms with van der Waals surface area (Å²) >= 11 is 0. The molecule has 1 aromatic rings. The van der Waals surface area contributed by atoms with Gasteiger partial charge in [-0.2, -0.15) is 0 Å². The second-order valence-electron chi connectivity index (χ2n) is 3.44. The van der Waals surface area contributed by atoms with Gasteiger partial charge >= 0.3 is 0 Å². The van der Waals surface area contributed by atoms with E-state index in [-0.39, 0.29) is 18.3 Å². The van der Waals surface area contributed by atoms with Gasteiger partial charge in [-0.1, -0.05) is 5.16 Å². The quantitative estimate of drug-likeness (QED) is 0.331. The van der Waals surface area contributed by atoms with Crippen LogP contribution in [0.3, 0.4) is 0 Å². The van der Waals surface area contributed by atoms with Crippen LogP contribution in [-0.4, -0.2) is 40.4 Å². The molecule has 1 rings (SSSR count). The molecule has 0 atom stereocenters. The molecular formula is C10H14N4O2. The third kappa shape index (κ3) is 2.94. The molecule has 3 N–H and O–H groups in total. The fraction of sp³-hybridized carbons (Fsp3) is 0.300. The molecule has 86 valence electrons. The number of nitrogens with zero attached hydrogens (tertiary/aromatic N) is 3. The predicted molar refractivity (Wildman–Crippen MR) is 59.3 cm³/mol. The molecule has 16 heavy (non-hydrogen) atoms. The van der Waals surface area contributed by atoms with Crippen LogP contribution in [0.2, 0.25) is 0 Å². The number of aryl methyl sites for hydroxylation is 1. The monoisotopic (exact) mass is 222 g/mol. The third-order valence-corrected chi connectivity index (χ3v) is 2.03. The molecule has 0 bridgehead atoms. The Hall–Kier alpha value is -2.11. The van der Waals surface area contributed by atoms with Crippen LogP contribution in [-0.2, 0) is 0 Å². The molecule has 0 aliphatic heterocycles. The Bertz CT molecular complexity index is 400. The zero-order valence-electron chi connectivity index (χ0n) is 9.21. The number of hydrogen-bond donors (Lipinski definition) is 2. The molecule has 0 aromatic carbocycles. The van der Waals surface area contributed by atoms with Crippen LogP contribution >= 0.6 is 0 Å². The van der Waals surface area contributed by atoms with Crippen LogP contribution < -0.4 is 5.73 Å².